The zero-order valence-corrected chi connectivity index (χ0v) is 16.4. The summed E-state index contributed by atoms with van der Waals surface area (Å²) in [5.74, 6) is -0.0455. The molecule has 3 rings (SSSR count). The van der Waals surface area contributed by atoms with E-state index in [0.717, 1.165) is 43.4 Å². The van der Waals surface area contributed by atoms with E-state index < -0.39 is 0 Å². The molecular weight excluding hydrogens is 340 g/mol. The minimum atomic E-state index is -0.343. The molecule has 1 aromatic heterocycles. The lowest BCUT2D eigenvalue weighted by atomic mass is 9.68. The fourth-order valence-electron chi connectivity index (χ4n) is 4.15. The Hall–Kier alpha value is -2.43. The number of rotatable bonds is 6. The van der Waals surface area contributed by atoms with Crippen molar-refractivity contribution in [1.82, 2.24) is 9.78 Å². The molecule has 0 bridgehead atoms. The third-order valence-corrected chi connectivity index (χ3v) is 6.16. The number of esters is 1. The van der Waals surface area contributed by atoms with Crippen molar-refractivity contribution in [3.05, 3.63) is 53.3 Å². The van der Waals surface area contributed by atoms with Crippen LogP contribution < -0.4 is 0 Å². The molecule has 1 heterocycles. The largest absolute Gasteiger partial charge is 0.457 e. The van der Waals surface area contributed by atoms with Crippen LogP contribution in [0.25, 0.3) is 0 Å². The van der Waals surface area contributed by atoms with Gasteiger partial charge in [-0.15, -0.1) is 0 Å². The average molecular weight is 368 g/mol. The van der Waals surface area contributed by atoms with E-state index in [9.17, 15) is 9.59 Å². The van der Waals surface area contributed by atoms with Crippen LogP contribution in [0.2, 0.25) is 0 Å². The van der Waals surface area contributed by atoms with E-state index in [1.807, 2.05) is 41.9 Å². The van der Waals surface area contributed by atoms with Gasteiger partial charge in [0.05, 0.1) is 17.9 Å². The lowest BCUT2D eigenvalue weighted by Gasteiger charge is -2.38. The molecule has 5 nitrogen and oxygen atoms in total. The van der Waals surface area contributed by atoms with Crippen molar-refractivity contribution in [2.45, 2.75) is 65.5 Å². The Morgan fingerprint density at radius 3 is 2.48 bits per heavy atom. The highest BCUT2D eigenvalue weighted by molar-refractivity contribution is 5.90. The first-order chi connectivity index (χ1) is 13.0. The van der Waals surface area contributed by atoms with Crippen molar-refractivity contribution in [3.63, 3.8) is 0 Å². The van der Waals surface area contributed by atoms with Crippen LogP contribution in [0.1, 0.15) is 73.6 Å². The summed E-state index contributed by atoms with van der Waals surface area (Å²) in [7, 11) is 0. The van der Waals surface area contributed by atoms with Crippen LogP contribution >= 0.6 is 0 Å². The van der Waals surface area contributed by atoms with Crippen LogP contribution in [-0.2, 0) is 16.1 Å². The maximum Gasteiger partial charge on any atom is 0.341 e. The first-order valence-electron chi connectivity index (χ1n) is 9.73. The van der Waals surface area contributed by atoms with Crippen molar-refractivity contribution >= 4 is 11.8 Å². The Morgan fingerprint density at radius 2 is 1.89 bits per heavy atom. The second-order valence-electron chi connectivity index (χ2n) is 7.57. The minimum Gasteiger partial charge on any atom is -0.457 e. The number of hydrogen-bond donors (Lipinski definition) is 0. The molecule has 27 heavy (non-hydrogen) atoms. The molecule has 0 saturated heterocycles. The van der Waals surface area contributed by atoms with Crippen LogP contribution in [0, 0.1) is 12.3 Å². The van der Waals surface area contributed by atoms with Gasteiger partial charge in [-0.25, -0.2) is 4.79 Å². The number of ether oxygens (including phenoxy) is 1. The summed E-state index contributed by atoms with van der Waals surface area (Å²) in [6.45, 7) is 5.98. The predicted molar refractivity (Wildman–Crippen MR) is 103 cm³/mol. The molecule has 0 unspecified atom stereocenters. The Labute approximate surface area is 160 Å². The smallest absolute Gasteiger partial charge is 0.341 e. The number of carbonyl (C=O) groups excluding carboxylic acids is 2. The van der Waals surface area contributed by atoms with Gasteiger partial charge in [0, 0.05) is 5.41 Å². The van der Waals surface area contributed by atoms with Crippen LogP contribution in [0.15, 0.2) is 36.5 Å². The van der Waals surface area contributed by atoms with Gasteiger partial charge in [0.2, 0.25) is 0 Å². The molecule has 144 valence electrons. The van der Waals surface area contributed by atoms with Crippen LogP contribution in [0.5, 0.6) is 0 Å². The van der Waals surface area contributed by atoms with Crippen molar-refractivity contribution in [2.24, 2.45) is 5.41 Å². The summed E-state index contributed by atoms with van der Waals surface area (Å²) in [6.07, 6.45) is 6.09. The highest BCUT2D eigenvalue weighted by Gasteiger charge is 2.38. The summed E-state index contributed by atoms with van der Waals surface area (Å²) in [4.78, 5) is 24.5. The zero-order valence-electron chi connectivity index (χ0n) is 16.4. The number of carbonyl (C=O) groups is 2. The Balaban J connectivity index is 1.65. The third-order valence-electron chi connectivity index (χ3n) is 6.16. The fraction of sp³-hybridized carbons (Fsp3) is 0.500. The predicted octanol–water partition coefficient (Wildman–Crippen LogP) is 4.65. The Bertz CT molecular complexity index is 802. The number of Topliss-reactive ketones (excluding diaryl/α,β-unsaturated/α-hetero) is 1. The first-order valence-corrected chi connectivity index (χ1v) is 9.73. The minimum absolute atomic E-state index is 0.172. The van der Waals surface area contributed by atoms with Gasteiger partial charge in [-0.1, -0.05) is 37.3 Å². The second-order valence-corrected chi connectivity index (χ2v) is 7.57. The molecule has 0 radical (unpaired) electrons. The second kappa shape index (κ2) is 8.07. The Morgan fingerprint density at radius 1 is 1.22 bits per heavy atom. The van der Waals surface area contributed by atoms with E-state index in [0.29, 0.717) is 11.3 Å². The molecule has 1 aromatic carbocycles. The van der Waals surface area contributed by atoms with Gasteiger partial charge in [-0.05, 0) is 51.5 Å². The van der Waals surface area contributed by atoms with Gasteiger partial charge >= 0.3 is 5.97 Å². The number of nitrogens with zero attached hydrogens (tertiary/aromatic N) is 2. The molecule has 0 spiro atoms. The molecule has 0 atom stereocenters. The molecule has 1 saturated carbocycles. The van der Waals surface area contributed by atoms with E-state index in [1.54, 1.807) is 13.1 Å². The monoisotopic (exact) mass is 368 g/mol. The summed E-state index contributed by atoms with van der Waals surface area (Å²) in [5, 5.41) is 4.46. The average Bonchev–Trinajstić information content (AvgIpc) is 3.08. The maximum atomic E-state index is 12.5. The van der Waals surface area contributed by atoms with Gasteiger partial charge in [-0.2, -0.15) is 5.10 Å². The molecule has 1 aliphatic carbocycles. The zero-order chi connectivity index (χ0) is 19.4. The molecule has 1 fully saturated rings. The topological polar surface area (TPSA) is 61.2 Å². The number of hydrogen-bond acceptors (Lipinski definition) is 4. The number of aromatic nitrogens is 2. The number of ketones is 1. The van der Waals surface area contributed by atoms with Gasteiger partial charge in [0.1, 0.15) is 18.0 Å². The SMILES string of the molecule is CCC1(C(C)=O)CCC(n2ncc(C(=O)OCc3ccccc3)c2C)CC1. The quantitative estimate of drug-likeness (QED) is 0.696. The van der Waals surface area contributed by atoms with Gasteiger partial charge in [-0.3, -0.25) is 9.48 Å². The summed E-state index contributed by atoms with van der Waals surface area (Å²) in [5.41, 5.74) is 2.15. The van der Waals surface area contributed by atoms with Crippen LogP contribution in [0.4, 0.5) is 0 Å². The van der Waals surface area contributed by atoms with E-state index in [2.05, 4.69) is 12.0 Å². The lowest BCUT2D eigenvalue weighted by Crippen LogP contribution is -2.34. The molecule has 0 amide bonds. The number of benzene rings is 1. The van der Waals surface area contributed by atoms with Crippen molar-refractivity contribution < 1.29 is 14.3 Å². The van der Waals surface area contributed by atoms with Crippen molar-refractivity contribution in [3.8, 4) is 0 Å². The van der Waals surface area contributed by atoms with Crippen LogP contribution in [0.3, 0.4) is 0 Å². The third kappa shape index (κ3) is 3.97. The standard InChI is InChI=1S/C22H28N2O3/c1-4-22(17(3)25)12-10-19(11-13-22)24-16(2)20(14-23-24)21(26)27-15-18-8-6-5-7-9-18/h5-9,14,19H,4,10-13,15H2,1-3H3. The summed E-state index contributed by atoms with van der Waals surface area (Å²) < 4.78 is 7.38. The van der Waals surface area contributed by atoms with E-state index in [4.69, 9.17) is 4.74 Å². The first kappa shape index (κ1) is 19.3. The fourth-order valence-corrected chi connectivity index (χ4v) is 4.15. The van der Waals surface area contributed by atoms with Crippen LogP contribution in [-0.4, -0.2) is 21.5 Å². The Kier molecular flexibility index (Phi) is 5.78. The van der Waals surface area contributed by atoms with Crippen molar-refractivity contribution in [1.29, 1.82) is 0 Å². The summed E-state index contributed by atoms with van der Waals surface area (Å²) >= 11 is 0. The van der Waals surface area contributed by atoms with Gasteiger partial charge < -0.3 is 4.74 Å². The normalized spacial score (nSPS) is 22.4. The van der Waals surface area contributed by atoms with Crippen molar-refractivity contribution in [2.75, 3.05) is 0 Å². The highest BCUT2D eigenvalue weighted by atomic mass is 16.5. The molecule has 2 aromatic rings. The molecular formula is C22H28N2O3. The van der Waals surface area contributed by atoms with Gasteiger partial charge in [0.15, 0.2) is 0 Å². The molecule has 1 aliphatic rings. The van der Waals surface area contributed by atoms with E-state index in [-0.39, 0.29) is 24.0 Å². The highest BCUT2D eigenvalue weighted by Crippen LogP contribution is 2.44. The summed E-state index contributed by atoms with van der Waals surface area (Å²) in [6, 6.07) is 9.88. The molecule has 5 heteroatoms. The van der Waals surface area contributed by atoms with E-state index >= 15 is 0 Å². The lowest BCUT2D eigenvalue weighted by molar-refractivity contribution is -0.129. The molecule has 0 aliphatic heterocycles. The van der Waals surface area contributed by atoms with Gasteiger partial charge in [0.25, 0.3) is 0 Å². The molecule has 0 N–H and O–H groups in total. The maximum absolute atomic E-state index is 12.5. The van der Waals surface area contributed by atoms with E-state index in [1.165, 1.54) is 0 Å².